The molecule has 1 aliphatic heterocycles. The van der Waals surface area contributed by atoms with Gasteiger partial charge in [-0.25, -0.2) is 10.4 Å². The molecule has 1 aliphatic rings. The normalized spacial score (nSPS) is 15.2. The second-order valence-electron chi connectivity index (χ2n) is 4.76. The molecule has 2 rings (SSSR count). The Labute approximate surface area is 115 Å². The lowest BCUT2D eigenvalue weighted by atomic mass is 10.1. The minimum Gasteiger partial charge on any atom is -0.480 e. The highest BCUT2D eigenvalue weighted by molar-refractivity contribution is 6.21. The number of anilines is 1. The molecule has 2 amide bonds. The summed E-state index contributed by atoms with van der Waals surface area (Å²) in [7, 11) is 3.65. The van der Waals surface area contributed by atoms with Gasteiger partial charge < -0.3 is 10.0 Å². The Kier molecular flexibility index (Phi) is 3.46. The molecule has 0 aliphatic carbocycles. The fourth-order valence-electron chi connectivity index (χ4n) is 1.87. The first-order valence-electron chi connectivity index (χ1n) is 6.02. The van der Waals surface area contributed by atoms with Crippen LogP contribution in [0.3, 0.4) is 0 Å². The number of nitrogens with zero attached hydrogens (tertiary/aromatic N) is 2. The molecule has 20 heavy (non-hydrogen) atoms. The third-order valence-corrected chi connectivity index (χ3v) is 3.08. The summed E-state index contributed by atoms with van der Waals surface area (Å²) in [6.07, 6.45) is 0. The van der Waals surface area contributed by atoms with Crippen LogP contribution in [0.4, 0.5) is 5.69 Å². The Morgan fingerprint density at radius 2 is 1.85 bits per heavy atom. The topological polar surface area (TPSA) is 90.0 Å². The van der Waals surface area contributed by atoms with E-state index in [-0.39, 0.29) is 11.1 Å². The van der Waals surface area contributed by atoms with Crippen LogP contribution in [0.2, 0.25) is 0 Å². The molecule has 0 radical (unpaired) electrons. The van der Waals surface area contributed by atoms with Gasteiger partial charge in [-0.15, -0.1) is 0 Å². The number of benzene rings is 1. The molecule has 7 nitrogen and oxygen atoms in total. The van der Waals surface area contributed by atoms with Gasteiger partial charge in [-0.2, -0.15) is 0 Å². The number of hydrogen-bond donors (Lipinski definition) is 2. The van der Waals surface area contributed by atoms with Gasteiger partial charge >= 0.3 is 5.97 Å². The van der Waals surface area contributed by atoms with Gasteiger partial charge in [0.15, 0.2) is 0 Å². The monoisotopic (exact) mass is 277 g/mol. The Balaban J connectivity index is 2.33. The average molecular weight is 277 g/mol. The highest BCUT2D eigenvalue weighted by Crippen LogP contribution is 2.25. The summed E-state index contributed by atoms with van der Waals surface area (Å²) >= 11 is 0. The van der Waals surface area contributed by atoms with Gasteiger partial charge in [-0.05, 0) is 25.1 Å². The zero-order valence-electron chi connectivity index (χ0n) is 11.4. The van der Waals surface area contributed by atoms with Crippen molar-refractivity contribution in [2.75, 3.05) is 19.0 Å². The molecule has 1 atom stereocenters. The van der Waals surface area contributed by atoms with Crippen molar-refractivity contribution in [2.24, 2.45) is 0 Å². The first-order valence-corrected chi connectivity index (χ1v) is 6.02. The molecule has 0 aromatic heterocycles. The van der Waals surface area contributed by atoms with E-state index >= 15 is 0 Å². The molecule has 0 saturated heterocycles. The van der Waals surface area contributed by atoms with Crippen LogP contribution in [0.25, 0.3) is 0 Å². The van der Waals surface area contributed by atoms with Crippen LogP contribution < -0.4 is 10.3 Å². The Bertz CT molecular complexity index is 597. The van der Waals surface area contributed by atoms with Crippen molar-refractivity contribution in [1.82, 2.24) is 10.4 Å². The lowest BCUT2D eigenvalue weighted by Gasteiger charge is -2.18. The SMILES string of the molecule is C[C@H](NN1C(=O)c2ccc(N(C)C)cc2C1=O)C(=O)O. The van der Waals surface area contributed by atoms with Crippen LogP contribution in [0, 0.1) is 0 Å². The number of imide groups is 1. The number of hydrazine groups is 1. The van der Waals surface area contributed by atoms with E-state index in [1.807, 2.05) is 19.0 Å². The maximum absolute atomic E-state index is 12.2. The fourth-order valence-corrected chi connectivity index (χ4v) is 1.87. The van der Waals surface area contributed by atoms with Crippen molar-refractivity contribution in [3.05, 3.63) is 29.3 Å². The lowest BCUT2D eigenvalue weighted by Crippen LogP contribution is -2.49. The lowest BCUT2D eigenvalue weighted by molar-refractivity contribution is -0.139. The van der Waals surface area contributed by atoms with Gasteiger partial charge in [0.05, 0.1) is 11.1 Å². The van der Waals surface area contributed by atoms with E-state index in [4.69, 9.17) is 5.11 Å². The Hall–Kier alpha value is -2.41. The van der Waals surface area contributed by atoms with E-state index in [0.29, 0.717) is 0 Å². The van der Waals surface area contributed by atoms with Gasteiger partial charge in [0.2, 0.25) is 0 Å². The van der Waals surface area contributed by atoms with Gasteiger partial charge in [0.1, 0.15) is 6.04 Å². The van der Waals surface area contributed by atoms with Gasteiger partial charge in [-0.3, -0.25) is 14.4 Å². The third-order valence-electron chi connectivity index (χ3n) is 3.08. The summed E-state index contributed by atoms with van der Waals surface area (Å²) in [5.41, 5.74) is 3.72. The molecular weight excluding hydrogens is 262 g/mol. The molecule has 106 valence electrons. The molecule has 7 heteroatoms. The summed E-state index contributed by atoms with van der Waals surface area (Å²) in [6, 6.07) is 3.87. The van der Waals surface area contributed by atoms with Crippen LogP contribution in [-0.4, -0.2) is 48.0 Å². The van der Waals surface area contributed by atoms with Gasteiger partial charge in [0, 0.05) is 19.8 Å². The zero-order valence-corrected chi connectivity index (χ0v) is 11.4. The number of nitrogens with one attached hydrogen (secondary N) is 1. The summed E-state index contributed by atoms with van der Waals surface area (Å²) in [5.74, 6) is -2.22. The summed E-state index contributed by atoms with van der Waals surface area (Å²) < 4.78 is 0. The number of fused-ring (bicyclic) bond motifs is 1. The van der Waals surface area contributed by atoms with E-state index in [1.54, 1.807) is 18.2 Å². The largest absolute Gasteiger partial charge is 0.480 e. The molecule has 0 saturated carbocycles. The van der Waals surface area contributed by atoms with Crippen molar-refractivity contribution in [3.8, 4) is 0 Å². The van der Waals surface area contributed by atoms with Crippen molar-refractivity contribution >= 4 is 23.5 Å². The highest BCUT2D eigenvalue weighted by Gasteiger charge is 2.37. The number of aliphatic carboxylic acids is 1. The smallest absolute Gasteiger partial charge is 0.322 e. The molecular formula is C13H15N3O4. The number of carbonyl (C=O) groups excluding carboxylic acids is 2. The first kappa shape index (κ1) is 14.0. The molecule has 1 heterocycles. The summed E-state index contributed by atoms with van der Waals surface area (Å²) in [5, 5.41) is 9.58. The predicted octanol–water partition coefficient (Wildman–Crippen LogP) is 0.326. The first-order chi connectivity index (χ1) is 9.32. The van der Waals surface area contributed by atoms with Crippen LogP contribution >= 0.6 is 0 Å². The zero-order chi connectivity index (χ0) is 15.0. The van der Waals surface area contributed by atoms with E-state index < -0.39 is 23.8 Å². The average Bonchev–Trinajstić information content (AvgIpc) is 2.63. The maximum Gasteiger partial charge on any atom is 0.322 e. The third kappa shape index (κ3) is 2.23. The molecule has 0 fully saturated rings. The van der Waals surface area contributed by atoms with E-state index in [9.17, 15) is 14.4 Å². The molecule has 2 N–H and O–H groups in total. The quantitative estimate of drug-likeness (QED) is 0.771. The second kappa shape index (κ2) is 4.93. The van der Waals surface area contributed by atoms with Crippen LogP contribution in [0.5, 0.6) is 0 Å². The van der Waals surface area contributed by atoms with E-state index in [0.717, 1.165) is 10.7 Å². The highest BCUT2D eigenvalue weighted by atomic mass is 16.4. The summed E-state index contributed by atoms with van der Waals surface area (Å²) in [4.78, 5) is 36.9. The van der Waals surface area contributed by atoms with Crippen molar-refractivity contribution in [2.45, 2.75) is 13.0 Å². The molecule has 0 unspecified atom stereocenters. The number of carboxylic acid groups (broad SMARTS) is 1. The molecule has 1 aromatic carbocycles. The minimum atomic E-state index is -1.14. The minimum absolute atomic E-state index is 0.269. The standard InChI is InChI=1S/C13H15N3O4/c1-7(13(19)20)14-16-11(17)9-5-4-8(15(2)3)6-10(9)12(16)18/h4-7,14H,1-3H3,(H,19,20)/t7-/m0/s1. The van der Waals surface area contributed by atoms with Crippen LogP contribution in [0.1, 0.15) is 27.6 Å². The van der Waals surface area contributed by atoms with Crippen molar-refractivity contribution in [1.29, 1.82) is 0 Å². The Morgan fingerprint density at radius 1 is 1.25 bits per heavy atom. The van der Waals surface area contributed by atoms with Crippen LogP contribution in [0.15, 0.2) is 18.2 Å². The Morgan fingerprint density at radius 3 is 2.40 bits per heavy atom. The summed E-state index contributed by atoms with van der Waals surface area (Å²) in [6.45, 7) is 1.36. The number of amides is 2. The van der Waals surface area contributed by atoms with E-state index in [1.165, 1.54) is 6.92 Å². The maximum atomic E-state index is 12.2. The second-order valence-corrected chi connectivity index (χ2v) is 4.76. The fraction of sp³-hybridized carbons (Fsp3) is 0.308. The molecule has 0 spiro atoms. The van der Waals surface area contributed by atoms with Gasteiger partial charge in [-0.1, -0.05) is 0 Å². The van der Waals surface area contributed by atoms with Crippen LogP contribution in [-0.2, 0) is 4.79 Å². The van der Waals surface area contributed by atoms with Crippen molar-refractivity contribution in [3.63, 3.8) is 0 Å². The molecule has 1 aromatic rings. The molecule has 0 bridgehead atoms. The number of rotatable bonds is 4. The van der Waals surface area contributed by atoms with Crippen molar-refractivity contribution < 1.29 is 19.5 Å². The number of carbonyl (C=O) groups is 3. The van der Waals surface area contributed by atoms with Gasteiger partial charge in [0.25, 0.3) is 11.8 Å². The number of carboxylic acids is 1. The van der Waals surface area contributed by atoms with E-state index in [2.05, 4.69) is 5.43 Å². The predicted molar refractivity (Wildman–Crippen MR) is 71.5 cm³/mol. The number of hydrogen-bond acceptors (Lipinski definition) is 5.